The number of ether oxygens (including phenoxy) is 2. The average molecular weight is 360 g/mol. The van der Waals surface area contributed by atoms with E-state index in [1.165, 1.54) is 32.4 Å². The molecule has 0 fully saturated rings. The second kappa shape index (κ2) is 8.11. The summed E-state index contributed by atoms with van der Waals surface area (Å²) in [6.45, 7) is 0. The van der Waals surface area contributed by atoms with E-state index in [2.05, 4.69) is 10.6 Å². The number of carboxylic acid groups (broad SMARTS) is 1. The van der Waals surface area contributed by atoms with Crippen LogP contribution in [0.5, 0.6) is 11.5 Å². The summed E-state index contributed by atoms with van der Waals surface area (Å²) in [5, 5.41) is 14.4. The zero-order valence-electron chi connectivity index (χ0n) is 13.5. The van der Waals surface area contributed by atoms with E-state index >= 15 is 0 Å². The Kier molecular flexibility index (Phi) is 5.91. The minimum atomic E-state index is -1.09. The molecular formula is C17H16N2O5S. The molecule has 0 unspecified atom stereocenters. The molecule has 0 heterocycles. The van der Waals surface area contributed by atoms with E-state index in [4.69, 9.17) is 26.8 Å². The number of carbonyl (C=O) groups is 2. The topological polar surface area (TPSA) is 96.9 Å². The van der Waals surface area contributed by atoms with Crippen molar-refractivity contribution in [3.63, 3.8) is 0 Å². The molecule has 1 amide bonds. The van der Waals surface area contributed by atoms with Crippen molar-refractivity contribution < 1.29 is 24.2 Å². The third-order valence-corrected chi connectivity index (χ3v) is 3.46. The Hall–Kier alpha value is -3.13. The summed E-state index contributed by atoms with van der Waals surface area (Å²) in [5.41, 5.74) is 0.762. The first-order valence-corrected chi connectivity index (χ1v) is 7.53. The molecule has 2 aromatic carbocycles. The van der Waals surface area contributed by atoms with Crippen molar-refractivity contribution in [2.75, 3.05) is 19.5 Å². The van der Waals surface area contributed by atoms with Crippen LogP contribution in [0.1, 0.15) is 20.7 Å². The zero-order chi connectivity index (χ0) is 18.4. The average Bonchev–Trinajstić information content (AvgIpc) is 2.61. The molecule has 0 atom stereocenters. The molecule has 0 radical (unpaired) electrons. The predicted octanol–water partition coefficient (Wildman–Crippen LogP) is 2.53. The highest BCUT2D eigenvalue weighted by Crippen LogP contribution is 2.25. The maximum Gasteiger partial charge on any atom is 0.335 e. The van der Waals surface area contributed by atoms with E-state index in [9.17, 15) is 9.59 Å². The summed E-state index contributed by atoms with van der Waals surface area (Å²) in [5.74, 6) is -0.577. The number of benzene rings is 2. The monoisotopic (exact) mass is 360 g/mol. The summed E-state index contributed by atoms with van der Waals surface area (Å²) >= 11 is 5.11. The molecule has 3 N–H and O–H groups in total. The largest absolute Gasteiger partial charge is 0.497 e. The lowest BCUT2D eigenvalue weighted by Gasteiger charge is -2.13. The van der Waals surface area contributed by atoms with Crippen LogP contribution < -0.4 is 20.1 Å². The summed E-state index contributed by atoms with van der Waals surface area (Å²) in [4.78, 5) is 23.3. The number of methoxy groups -OCH3 is 2. The van der Waals surface area contributed by atoms with Gasteiger partial charge in [-0.25, -0.2) is 4.79 Å². The highest BCUT2D eigenvalue weighted by atomic mass is 32.1. The number of thiocarbonyl (C=S) groups is 1. The first-order valence-electron chi connectivity index (χ1n) is 7.12. The Balaban J connectivity index is 2.12. The second-order valence-electron chi connectivity index (χ2n) is 4.86. The first kappa shape index (κ1) is 18.2. The second-order valence-corrected chi connectivity index (χ2v) is 5.27. The normalized spacial score (nSPS) is 9.84. The molecule has 2 rings (SSSR count). The van der Waals surface area contributed by atoms with Crippen molar-refractivity contribution in [1.82, 2.24) is 5.32 Å². The lowest BCUT2D eigenvalue weighted by molar-refractivity contribution is 0.0696. The van der Waals surface area contributed by atoms with Crippen LogP contribution in [-0.2, 0) is 0 Å². The van der Waals surface area contributed by atoms with Gasteiger partial charge in [0.1, 0.15) is 11.5 Å². The minimum Gasteiger partial charge on any atom is -0.497 e. The van der Waals surface area contributed by atoms with E-state index in [1.807, 2.05) is 0 Å². The zero-order valence-corrected chi connectivity index (χ0v) is 14.3. The molecule has 0 bridgehead atoms. The number of carboxylic acids is 1. The van der Waals surface area contributed by atoms with Crippen LogP contribution in [0.4, 0.5) is 5.69 Å². The van der Waals surface area contributed by atoms with E-state index < -0.39 is 11.9 Å². The summed E-state index contributed by atoms with van der Waals surface area (Å²) in [6.07, 6.45) is 0. The van der Waals surface area contributed by atoms with Crippen molar-refractivity contribution in [2.45, 2.75) is 0 Å². The van der Waals surface area contributed by atoms with Gasteiger partial charge in [0.2, 0.25) is 0 Å². The van der Waals surface area contributed by atoms with Gasteiger partial charge in [-0.3, -0.25) is 10.1 Å². The third kappa shape index (κ3) is 4.67. The minimum absolute atomic E-state index is 0.00802. The van der Waals surface area contributed by atoms with Gasteiger partial charge in [0.25, 0.3) is 5.91 Å². The van der Waals surface area contributed by atoms with Crippen LogP contribution in [0.3, 0.4) is 0 Å². The summed E-state index contributed by atoms with van der Waals surface area (Å²) in [7, 11) is 2.95. The van der Waals surface area contributed by atoms with Gasteiger partial charge >= 0.3 is 5.97 Å². The highest BCUT2D eigenvalue weighted by Gasteiger charge is 2.13. The van der Waals surface area contributed by atoms with Crippen molar-refractivity contribution in [3.8, 4) is 11.5 Å². The Morgan fingerprint density at radius 2 is 1.80 bits per heavy atom. The maximum atomic E-state index is 12.2. The van der Waals surface area contributed by atoms with Crippen LogP contribution >= 0.6 is 12.2 Å². The van der Waals surface area contributed by atoms with Gasteiger partial charge in [-0.05, 0) is 48.6 Å². The molecule has 0 aromatic heterocycles. The van der Waals surface area contributed by atoms with Crippen LogP contribution in [0, 0.1) is 0 Å². The third-order valence-electron chi connectivity index (χ3n) is 3.25. The molecule has 0 aliphatic carbocycles. The molecule has 8 heteroatoms. The summed E-state index contributed by atoms with van der Waals surface area (Å²) in [6, 6.07) is 10.9. The van der Waals surface area contributed by atoms with Crippen LogP contribution in [0.2, 0.25) is 0 Å². The van der Waals surface area contributed by atoms with Gasteiger partial charge in [0.15, 0.2) is 5.11 Å². The molecule has 0 aliphatic rings. The number of hydrogen-bond donors (Lipinski definition) is 3. The number of anilines is 1. The lowest BCUT2D eigenvalue weighted by Crippen LogP contribution is -2.34. The SMILES string of the molecule is COc1cccc(C(=O)NC(=S)Nc2cc(C(=O)O)ccc2OC)c1. The number of nitrogens with one attached hydrogen (secondary N) is 2. The molecule has 0 saturated heterocycles. The van der Waals surface area contributed by atoms with Crippen molar-refractivity contribution in [1.29, 1.82) is 0 Å². The molecule has 0 saturated carbocycles. The van der Waals surface area contributed by atoms with Crippen molar-refractivity contribution in [3.05, 3.63) is 53.6 Å². The van der Waals surface area contributed by atoms with E-state index in [0.717, 1.165) is 0 Å². The highest BCUT2D eigenvalue weighted by molar-refractivity contribution is 7.80. The standard InChI is InChI=1S/C17H16N2O5S/c1-23-12-5-3-4-10(8-12)15(20)19-17(25)18-13-9-11(16(21)22)6-7-14(13)24-2/h3-9H,1-2H3,(H,21,22)(H2,18,19,20,25). The predicted molar refractivity (Wildman–Crippen MR) is 96.6 cm³/mol. The Bertz CT molecular complexity index is 822. The molecule has 0 spiro atoms. The van der Waals surface area contributed by atoms with Crippen molar-refractivity contribution >= 4 is 34.9 Å². The van der Waals surface area contributed by atoms with Gasteiger partial charge in [-0.15, -0.1) is 0 Å². The van der Waals surface area contributed by atoms with Gasteiger partial charge in [-0.1, -0.05) is 6.07 Å². The van der Waals surface area contributed by atoms with Gasteiger partial charge in [-0.2, -0.15) is 0 Å². The van der Waals surface area contributed by atoms with E-state index in [0.29, 0.717) is 22.7 Å². The van der Waals surface area contributed by atoms with Gasteiger partial charge in [0, 0.05) is 5.56 Å². The van der Waals surface area contributed by atoms with Gasteiger partial charge in [0.05, 0.1) is 25.5 Å². The fraction of sp³-hybridized carbons (Fsp3) is 0.118. The van der Waals surface area contributed by atoms with Crippen molar-refractivity contribution in [2.24, 2.45) is 0 Å². The van der Waals surface area contributed by atoms with Crippen LogP contribution in [-0.4, -0.2) is 36.3 Å². The fourth-order valence-electron chi connectivity index (χ4n) is 2.03. The number of amides is 1. The number of rotatable bonds is 5. The van der Waals surface area contributed by atoms with Crippen LogP contribution in [0.25, 0.3) is 0 Å². The Labute approximate surface area is 149 Å². The molecule has 0 aliphatic heterocycles. The Morgan fingerprint density at radius 3 is 2.44 bits per heavy atom. The maximum absolute atomic E-state index is 12.2. The molecule has 2 aromatic rings. The number of aromatic carboxylic acids is 1. The molecule has 130 valence electrons. The summed E-state index contributed by atoms with van der Waals surface area (Å²) < 4.78 is 10.2. The number of hydrogen-bond acceptors (Lipinski definition) is 5. The van der Waals surface area contributed by atoms with E-state index in [1.54, 1.807) is 24.3 Å². The van der Waals surface area contributed by atoms with Crippen LogP contribution in [0.15, 0.2) is 42.5 Å². The van der Waals surface area contributed by atoms with Gasteiger partial charge < -0.3 is 19.9 Å². The Morgan fingerprint density at radius 1 is 1.04 bits per heavy atom. The molecule has 7 nitrogen and oxygen atoms in total. The molecular weight excluding hydrogens is 344 g/mol. The smallest absolute Gasteiger partial charge is 0.335 e. The fourth-order valence-corrected chi connectivity index (χ4v) is 2.23. The number of carbonyl (C=O) groups excluding carboxylic acids is 1. The quantitative estimate of drug-likeness (QED) is 0.705. The van der Waals surface area contributed by atoms with E-state index in [-0.39, 0.29) is 10.7 Å². The lowest BCUT2D eigenvalue weighted by atomic mass is 10.2. The first-order chi connectivity index (χ1) is 11.9. The molecule has 25 heavy (non-hydrogen) atoms.